The first-order chi connectivity index (χ1) is 18.9. The van der Waals surface area contributed by atoms with Crippen molar-refractivity contribution in [3.05, 3.63) is 94.5 Å². The Balaban J connectivity index is 2.08. The lowest BCUT2D eigenvalue weighted by Crippen LogP contribution is -2.52. The van der Waals surface area contributed by atoms with E-state index in [0.717, 1.165) is 15.4 Å². The van der Waals surface area contributed by atoms with E-state index in [1.165, 1.54) is 17.0 Å². The molecule has 7 nitrogen and oxygen atoms in total. The molecule has 1 N–H and O–H groups in total. The van der Waals surface area contributed by atoms with Crippen molar-refractivity contribution in [1.29, 1.82) is 0 Å². The third kappa shape index (κ3) is 7.64. The second-order valence-electron chi connectivity index (χ2n) is 10.3. The van der Waals surface area contributed by atoms with Gasteiger partial charge in [-0.05, 0) is 73.2 Å². The van der Waals surface area contributed by atoms with Crippen molar-refractivity contribution in [3.63, 3.8) is 0 Å². The molecular weight excluding hydrogens is 546 g/mol. The molecule has 0 spiro atoms. The predicted molar refractivity (Wildman–Crippen MR) is 161 cm³/mol. The molecule has 0 aromatic heterocycles. The van der Waals surface area contributed by atoms with E-state index in [2.05, 4.69) is 5.32 Å². The lowest BCUT2D eigenvalue weighted by atomic mass is 10.1. The summed E-state index contributed by atoms with van der Waals surface area (Å²) in [5.74, 6) is -0.511. The summed E-state index contributed by atoms with van der Waals surface area (Å²) >= 11 is 6.17. The lowest BCUT2D eigenvalue weighted by molar-refractivity contribution is -0.140. The number of hydrogen-bond acceptors (Lipinski definition) is 4. The number of carbonyl (C=O) groups is 2. The Morgan fingerprint density at radius 3 is 2.17 bits per heavy atom. The molecule has 0 saturated carbocycles. The molecule has 0 bridgehead atoms. The van der Waals surface area contributed by atoms with Gasteiger partial charge in [-0.25, -0.2) is 8.42 Å². The van der Waals surface area contributed by atoms with Crippen LogP contribution in [0.3, 0.4) is 0 Å². The van der Waals surface area contributed by atoms with Crippen molar-refractivity contribution in [3.8, 4) is 0 Å². The summed E-state index contributed by atoms with van der Waals surface area (Å²) in [5.41, 5.74) is 2.80. The van der Waals surface area contributed by atoms with E-state index in [0.29, 0.717) is 29.2 Å². The molecule has 3 rings (SSSR count). The quantitative estimate of drug-likeness (QED) is 0.295. The van der Waals surface area contributed by atoms with Crippen molar-refractivity contribution >= 4 is 39.1 Å². The van der Waals surface area contributed by atoms with Gasteiger partial charge in [-0.15, -0.1) is 0 Å². The summed E-state index contributed by atoms with van der Waals surface area (Å²) < 4.78 is 29.0. The monoisotopic (exact) mass is 583 g/mol. The van der Waals surface area contributed by atoms with Crippen LogP contribution in [0.4, 0.5) is 5.69 Å². The van der Waals surface area contributed by atoms with Gasteiger partial charge in [-0.1, -0.05) is 74.8 Å². The summed E-state index contributed by atoms with van der Waals surface area (Å²) in [6.45, 7) is 9.69. The Morgan fingerprint density at radius 1 is 0.925 bits per heavy atom. The lowest BCUT2D eigenvalue weighted by Gasteiger charge is -2.34. The summed E-state index contributed by atoms with van der Waals surface area (Å²) in [4.78, 5) is 29.0. The Labute approximate surface area is 243 Å². The molecule has 214 valence electrons. The van der Waals surface area contributed by atoms with Crippen LogP contribution in [0.25, 0.3) is 0 Å². The maximum Gasteiger partial charge on any atom is 0.264 e. The third-order valence-electron chi connectivity index (χ3n) is 6.71. The molecule has 0 aliphatic heterocycles. The Kier molecular flexibility index (Phi) is 10.8. The number of amides is 2. The molecular formula is C31H38ClN3O4S. The van der Waals surface area contributed by atoms with Crippen molar-refractivity contribution in [1.82, 2.24) is 10.2 Å². The fourth-order valence-electron chi connectivity index (χ4n) is 4.44. The molecule has 1 atom stereocenters. The zero-order chi connectivity index (χ0) is 29.4. The number of sulfonamides is 1. The number of benzene rings is 3. The molecule has 0 heterocycles. The van der Waals surface area contributed by atoms with E-state index in [-0.39, 0.29) is 23.3 Å². The van der Waals surface area contributed by atoms with E-state index < -0.39 is 28.5 Å². The third-order valence-corrected chi connectivity index (χ3v) is 8.72. The number of halogens is 1. The van der Waals surface area contributed by atoms with E-state index in [1.54, 1.807) is 43.3 Å². The van der Waals surface area contributed by atoms with Crippen LogP contribution in [-0.2, 0) is 26.2 Å². The molecule has 3 aromatic carbocycles. The van der Waals surface area contributed by atoms with Crippen LogP contribution in [0.15, 0.2) is 77.7 Å². The largest absolute Gasteiger partial charge is 0.354 e. The SMILES string of the molecule is CCC(C(=O)NCC(C)C)N(Cc1ccccc1C)C(=O)CN(c1ccc(Cl)cc1C)S(=O)(=O)c1ccccc1. The van der Waals surface area contributed by atoms with Gasteiger partial charge in [-0.3, -0.25) is 13.9 Å². The minimum Gasteiger partial charge on any atom is -0.354 e. The maximum absolute atomic E-state index is 14.2. The standard InChI is InChI=1S/C31H38ClN3O4S/c1-6-28(31(37)33-19-22(2)3)34(20-25-13-11-10-12-23(25)4)30(36)21-35(29-17-16-26(32)18-24(29)5)40(38,39)27-14-8-7-9-15-27/h7-18,22,28H,6,19-21H2,1-5H3,(H,33,37). The van der Waals surface area contributed by atoms with Crippen LogP contribution in [0.2, 0.25) is 5.02 Å². The summed E-state index contributed by atoms with van der Waals surface area (Å²) in [5, 5.41) is 3.40. The Hall–Kier alpha value is -3.36. The van der Waals surface area contributed by atoms with Gasteiger partial charge in [0.25, 0.3) is 10.0 Å². The highest BCUT2D eigenvalue weighted by Crippen LogP contribution is 2.29. The highest BCUT2D eigenvalue weighted by atomic mass is 35.5. The van der Waals surface area contributed by atoms with Crippen molar-refractivity contribution in [2.75, 3.05) is 17.4 Å². The maximum atomic E-state index is 14.2. The molecule has 0 aliphatic carbocycles. The molecule has 2 amide bonds. The molecule has 3 aromatic rings. The zero-order valence-electron chi connectivity index (χ0n) is 23.7. The zero-order valence-corrected chi connectivity index (χ0v) is 25.3. The van der Waals surface area contributed by atoms with Crippen molar-refractivity contribution < 1.29 is 18.0 Å². The average Bonchev–Trinajstić information content (AvgIpc) is 2.92. The van der Waals surface area contributed by atoms with E-state index in [1.807, 2.05) is 52.0 Å². The number of carbonyl (C=O) groups excluding carboxylic acids is 2. The first-order valence-corrected chi connectivity index (χ1v) is 15.2. The second-order valence-corrected chi connectivity index (χ2v) is 12.6. The summed E-state index contributed by atoms with van der Waals surface area (Å²) in [6, 6.07) is 19.7. The molecule has 1 unspecified atom stereocenters. The molecule has 9 heteroatoms. The fraction of sp³-hybridized carbons (Fsp3) is 0.355. The number of rotatable bonds is 12. The smallest absolute Gasteiger partial charge is 0.264 e. The number of nitrogens with one attached hydrogen (secondary N) is 1. The highest BCUT2D eigenvalue weighted by Gasteiger charge is 2.34. The number of anilines is 1. The minimum absolute atomic E-state index is 0.0596. The van der Waals surface area contributed by atoms with E-state index >= 15 is 0 Å². The molecule has 0 fully saturated rings. The highest BCUT2D eigenvalue weighted by molar-refractivity contribution is 7.92. The summed E-state index contributed by atoms with van der Waals surface area (Å²) in [7, 11) is -4.13. The Bertz CT molecular complexity index is 1430. The van der Waals surface area contributed by atoms with Gasteiger partial charge < -0.3 is 10.2 Å². The van der Waals surface area contributed by atoms with Crippen molar-refractivity contribution in [2.24, 2.45) is 5.92 Å². The first kappa shape index (κ1) is 31.2. The molecule has 0 saturated heterocycles. The number of aryl methyl sites for hydroxylation is 2. The number of hydrogen-bond donors (Lipinski definition) is 1. The van der Waals surface area contributed by atoms with Gasteiger partial charge in [0.05, 0.1) is 10.6 Å². The topological polar surface area (TPSA) is 86.8 Å². The molecule has 40 heavy (non-hydrogen) atoms. The van der Waals surface area contributed by atoms with Gasteiger partial charge in [0, 0.05) is 18.1 Å². The average molecular weight is 584 g/mol. The van der Waals surface area contributed by atoms with Crippen LogP contribution in [-0.4, -0.2) is 44.3 Å². The van der Waals surface area contributed by atoms with Gasteiger partial charge >= 0.3 is 0 Å². The number of nitrogens with zero attached hydrogens (tertiary/aromatic N) is 2. The van der Waals surface area contributed by atoms with E-state index in [9.17, 15) is 18.0 Å². The minimum atomic E-state index is -4.13. The van der Waals surface area contributed by atoms with Crippen LogP contribution < -0.4 is 9.62 Å². The van der Waals surface area contributed by atoms with Gasteiger partial charge in [0.1, 0.15) is 12.6 Å². The van der Waals surface area contributed by atoms with Crippen LogP contribution in [0.1, 0.15) is 43.9 Å². The van der Waals surface area contributed by atoms with Crippen molar-refractivity contribution in [2.45, 2.75) is 58.5 Å². The molecule has 0 radical (unpaired) electrons. The van der Waals surface area contributed by atoms with Crippen LogP contribution in [0.5, 0.6) is 0 Å². The summed E-state index contributed by atoms with van der Waals surface area (Å²) in [6.07, 6.45) is 0.368. The Morgan fingerprint density at radius 2 is 1.57 bits per heavy atom. The van der Waals surface area contributed by atoms with Crippen LogP contribution >= 0.6 is 11.6 Å². The van der Waals surface area contributed by atoms with Gasteiger partial charge in [0.15, 0.2) is 0 Å². The molecule has 0 aliphatic rings. The first-order valence-electron chi connectivity index (χ1n) is 13.4. The van der Waals surface area contributed by atoms with Gasteiger partial charge in [-0.2, -0.15) is 0 Å². The van der Waals surface area contributed by atoms with E-state index in [4.69, 9.17) is 11.6 Å². The normalized spacial score (nSPS) is 12.2. The predicted octanol–water partition coefficient (Wildman–Crippen LogP) is 5.73. The van der Waals surface area contributed by atoms with Gasteiger partial charge in [0.2, 0.25) is 11.8 Å². The second kappa shape index (κ2) is 13.8. The fourth-order valence-corrected chi connectivity index (χ4v) is 6.17. The van der Waals surface area contributed by atoms with Crippen LogP contribution in [0, 0.1) is 19.8 Å².